The monoisotopic (exact) mass is 160 g/mol. The summed E-state index contributed by atoms with van der Waals surface area (Å²) in [5.41, 5.74) is 0. The van der Waals surface area contributed by atoms with Crippen LogP contribution in [0.5, 0.6) is 0 Å². The normalized spacial score (nSPS) is 10.3. The number of unbranched alkanes of at least 4 members (excludes halogenated alkanes) is 1. The van der Waals surface area contributed by atoms with Crippen molar-refractivity contribution in [3.05, 3.63) is 0 Å². The molecule has 0 amide bonds. The quantitative estimate of drug-likeness (QED) is 0.381. The van der Waals surface area contributed by atoms with Gasteiger partial charge in [-0.1, -0.05) is 0 Å². The standard InChI is InChI=1S/C4H9.Li.H4O4Si/c1-3-4-2;;1-5(2,3)4/h1,3-4H2,2H3;;1-4H. The van der Waals surface area contributed by atoms with E-state index in [9.17, 15) is 0 Å². The number of hydrogen-bond donors (Lipinski definition) is 4. The topological polar surface area (TPSA) is 80.9 Å². The average Bonchev–Trinajstić information content (AvgIpc) is 1.63. The van der Waals surface area contributed by atoms with Crippen LogP contribution in [0.15, 0.2) is 0 Å². The van der Waals surface area contributed by atoms with E-state index in [1.165, 1.54) is 17.9 Å². The van der Waals surface area contributed by atoms with Gasteiger partial charge in [-0.15, -0.1) is 0 Å². The van der Waals surface area contributed by atoms with E-state index in [-0.39, 0.29) is 0 Å². The fourth-order valence-corrected chi connectivity index (χ4v) is 0.354. The average molecular weight is 160 g/mol. The van der Waals surface area contributed by atoms with Crippen LogP contribution in [0.2, 0.25) is 5.09 Å². The van der Waals surface area contributed by atoms with Crippen molar-refractivity contribution in [3.8, 4) is 0 Å². The molecule has 0 aliphatic carbocycles. The van der Waals surface area contributed by atoms with Crippen LogP contribution in [-0.2, 0) is 0 Å². The molecule has 0 aromatic heterocycles. The first-order valence-electron chi connectivity index (χ1n) is 3.31. The van der Waals surface area contributed by atoms with Gasteiger partial charge in [-0.25, -0.2) is 0 Å². The zero-order chi connectivity index (χ0) is 8.62. The molecule has 6 heteroatoms. The van der Waals surface area contributed by atoms with Gasteiger partial charge in [-0.05, 0) is 0 Å². The second kappa shape index (κ2) is 7.76. The summed E-state index contributed by atoms with van der Waals surface area (Å²) in [6.45, 7) is 2.21. The second-order valence-electron chi connectivity index (χ2n) is 1.95. The summed E-state index contributed by atoms with van der Waals surface area (Å²) in [5.74, 6) is 0. The van der Waals surface area contributed by atoms with Crippen LogP contribution < -0.4 is 0 Å². The molecule has 0 rings (SSSR count). The minimum atomic E-state index is -4.61. The molecule has 0 fully saturated rings. The van der Waals surface area contributed by atoms with Gasteiger partial charge in [0.25, 0.3) is 0 Å². The van der Waals surface area contributed by atoms with Crippen LogP contribution in [-0.4, -0.2) is 45.9 Å². The Bertz CT molecular complexity index is 56.8. The molecule has 4 N–H and O–H groups in total. The van der Waals surface area contributed by atoms with Crippen LogP contribution >= 0.6 is 0 Å². The van der Waals surface area contributed by atoms with Crippen molar-refractivity contribution in [1.29, 1.82) is 0 Å². The van der Waals surface area contributed by atoms with Gasteiger partial charge in [0.05, 0.1) is 0 Å². The molecule has 0 saturated carbocycles. The summed E-state index contributed by atoms with van der Waals surface area (Å²) in [7, 11) is -4.61. The molecule has 58 valence electrons. The summed E-state index contributed by atoms with van der Waals surface area (Å²) in [6, 6.07) is 0. The molecule has 0 spiro atoms. The second-order valence-corrected chi connectivity index (χ2v) is 3.15. The molecule has 4 nitrogen and oxygen atoms in total. The fraction of sp³-hybridized carbons (Fsp3) is 1.00. The molecule has 0 atom stereocenters. The van der Waals surface area contributed by atoms with Gasteiger partial charge in [0.1, 0.15) is 0 Å². The first-order valence-corrected chi connectivity index (χ1v) is 5.10. The molecule has 0 radical (unpaired) electrons. The number of rotatable bonds is 2. The van der Waals surface area contributed by atoms with E-state index < -0.39 is 9.05 Å². The van der Waals surface area contributed by atoms with E-state index in [2.05, 4.69) is 24.6 Å². The van der Waals surface area contributed by atoms with Crippen LogP contribution in [0.1, 0.15) is 19.8 Å². The van der Waals surface area contributed by atoms with Crippen molar-refractivity contribution in [2.45, 2.75) is 24.9 Å². The molecule has 0 aromatic rings. The third-order valence-corrected chi connectivity index (χ3v) is 0.707. The summed E-state index contributed by atoms with van der Waals surface area (Å²) in [4.78, 5) is 29.3. The Labute approximate surface area is 71.2 Å². The van der Waals surface area contributed by atoms with Crippen LogP contribution in [0.3, 0.4) is 0 Å². The SMILES string of the molecule is O[Si](O)(O)O.[Li][CH2]CCC. The Morgan fingerprint density at radius 3 is 1.50 bits per heavy atom. The molecular weight excluding hydrogens is 147 g/mol. The molecule has 0 heterocycles. The summed E-state index contributed by atoms with van der Waals surface area (Å²) >= 11 is 2.21. The Hall–Kier alpha value is 0.654. The summed E-state index contributed by atoms with van der Waals surface area (Å²) in [5, 5.41) is 1.34. The van der Waals surface area contributed by atoms with Crippen molar-refractivity contribution in [2.75, 3.05) is 0 Å². The molecule has 0 unspecified atom stereocenters. The predicted octanol–water partition coefficient (Wildman–Crippen LogP) is -1.24. The zero-order valence-electron chi connectivity index (χ0n) is 6.41. The van der Waals surface area contributed by atoms with Crippen LogP contribution in [0.4, 0.5) is 0 Å². The van der Waals surface area contributed by atoms with E-state index >= 15 is 0 Å². The van der Waals surface area contributed by atoms with Crippen molar-refractivity contribution < 1.29 is 19.2 Å². The molecule has 0 bridgehead atoms. The van der Waals surface area contributed by atoms with E-state index in [1.807, 2.05) is 0 Å². The van der Waals surface area contributed by atoms with Gasteiger partial charge in [0.15, 0.2) is 0 Å². The van der Waals surface area contributed by atoms with Crippen molar-refractivity contribution in [2.24, 2.45) is 0 Å². The van der Waals surface area contributed by atoms with Crippen molar-refractivity contribution in [1.82, 2.24) is 0 Å². The van der Waals surface area contributed by atoms with Crippen molar-refractivity contribution >= 4 is 26.8 Å². The molecule has 0 aliphatic heterocycles. The van der Waals surface area contributed by atoms with E-state index in [4.69, 9.17) is 19.2 Å². The molecule has 0 aromatic carbocycles. The summed E-state index contributed by atoms with van der Waals surface area (Å²) < 4.78 is 0. The number of hydrogen-bond acceptors (Lipinski definition) is 4. The maximum atomic E-state index is 7.33. The first-order chi connectivity index (χ1) is 4.41. The van der Waals surface area contributed by atoms with Gasteiger partial charge in [-0.3, -0.25) is 0 Å². The molecule has 0 saturated heterocycles. The van der Waals surface area contributed by atoms with E-state index in [0.717, 1.165) is 0 Å². The Morgan fingerprint density at radius 1 is 1.20 bits per heavy atom. The van der Waals surface area contributed by atoms with Gasteiger partial charge in [0.2, 0.25) is 0 Å². The molecule has 0 aliphatic rings. The minimum absolute atomic E-state index is 1.34. The first kappa shape index (κ1) is 13.3. The maximum absolute atomic E-state index is 7.33. The fourth-order valence-electron chi connectivity index (χ4n) is 0.354. The molecule has 10 heavy (non-hydrogen) atoms. The van der Waals surface area contributed by atoms with Crippen LogP contribution in [0.25, 0.3) is 0 Å². The van der Waals surface area contributed by atoms with Gasteiger partial charge < -0.3 is 19.2 Å². The van der Waals surface area contributed by atoms with Crippen LogP contribution in [0, 0.1) is 0 Å². The van der Waals surface area contributed by atoms with Crippen molar-refractivity contribution in [3.63, 3.8) is 0 Å². The Balaban J connectivity index is 0. The molecular formula is C4H13LiO4Si. The predicted molar refractivity (Wildman–Crippen MR) is 40.1 cm³/mol. The van der Waals surface area contributed by atoms with Gasteiger partial charge in [0, 0.05) is 0 Å². The van der Waals surface area contributed by atoms with Gasteiger partial charge >= 0.3 is 51.6 Å². The Kier molecular flexibility index (Phi) is 10.3. The third kappa shape index (κ3) is 72.0. The van der Waals surface area contributed by atoms with Gasteiger partial charge in [-0.2, -0.15) is 0 Å². The zero-order valence-corrected chi connectivity index (χ0v) is 7.41. The van der Waals surface area contributed by atoms with E-state index in [0.29, 0.717) is 0 Å². The van der Waals surface area contributed by atoms with E-state index in [1.54, 1.807) is 0 Å². The summed E-state index contributed by atoms with van der Waals surface area (Å²) in [6.07, 6.45) is 2.73. The third-order valence-electron chi connectivity index (χ3n) is 0.707. The Morgan fingerprint density at radius 2 is 1.50 bits per heavy atom.